The molecule has 0 bridgehead atoms. The second-order valence-corrected chi connectivity index (χ2v) is 8.94. The molecule has 2 aliphatic heterocycles. The highest BCUT2D eigenvalue weighted by Crippen LogP contribution is 2.34. The summed E-state index contributed by atoms with van der Waals surface area (Å²) in [5, 5.41) is 6.34. The summed E-state index contributed by atoms with van der Waals surface area (Å²) in [4.78, 5) is 27.8. The summed E-state index contributed by atoms with van der Waals surface area (Å²) in [6, 6.07) is 24.8. The van der Waals surface area contributed by atoms with Gasteiger partial charge in [0.05, 0.1) is 31.4 Å². The standard InChI is InChI=1S/C28H28N4O3/c1-35-23-13-11-20(12-14-23)25-16-24(19-7-3-2-4-8-19)30-32(25)27(33)18-31-17-22-10-6-5-9-21(22)15-26(31)28(29)34/h2-14,25-26H,15-18H2,1H3,(H2,29,34)/t25?,26-/m0/s1. The number of benzene rings is 3. The van der Waals surface area contributed by atoms with Crippen LogP contribution in [0.2, 0.25) is 0 Å². The van der Waals surface area contributed by atoms with Crippen LogP contribution in [0.3, 0.4) is 0 Å². The first kappa shape index (κ1) is 22.8. The summed E-state index contributed by atoms with van der Waals surface area (Å²) in [5.41, 5.74) is 10.8. The molecular formula is C28H28N4O3. The summed E-state index contributed by atoms with van der Waals surface area (Å²) in [5.74, 6) is 0.168. The van der Waals surface area contributed by atoms with E-state index in [0.717, 1.165) is 33.7 Å². The highest BCUT2D eigenvalue weighted by molar-refractivity contribution is 6.03. The van der Waals surface area contributed by atoms with Gasteiger partial charge in [-0.3, -0.25) is 14.5 Å². The van der Waals surface area contributed by atoms with E-state index in [1.807, 2.05) is 83.8 Å². The van der Waals surface area contributed by atoms with Crippen LogP contribution < -0.4 is 10.5 Å². The van der Waals surface area contributed by atoms with E-state index in [1.165, 1.54) is 0 Å². The van der Waals surface area contributed by atoms with Gasteiger partial charge in [0.15, 0.2) is 0 Å². The van der Waals surface area contributed by atoms with Crippen LogP contribution in [0, 0.1) is 0 Å². The molecule has 2 atom stereocenters. The number of hydrogen-bond donors (Lipinski definition) is 1. The van der Waals surface area contributed by atoms with Crippen LogP contribution in [0.25, 0.3) is 0 Å². The molecule has 2 N–H and O–H groups in total. The van der Waals surface area contributed by atoms with E-state index in [2.05, 4.69) is 0 Å². The molecule has 178 valence electrons. The molecule has 3 aromatic rings. The zero-order valence-corrected chi connectivity index (χ0v) is 19.6. The number of ether oxygens (including phenoxy) is 1. The third-order valence-electron chi connectivity index (χ3n) is 6.79. The maximum absolute atomic E-state index is 13.7. The van der Waals surface area contributed by atoms with Gasteiger partial charge in [-0.05, 0) is 40.8 Å². The average molecular weight is 469 g/mol. The number of nitrogens with zero attached hydrogens (tertiary/aromatic N) is 3. The van der Waals surface area contributed by atoms with Crippen molar-refractivity contribution in [3.8, 4) is 5.75 Å². The Kier molecular flexibility index (Phi) is 6.33. The molecule has 35 heavy (non-hydrogen) atoms. The Balaban J connectivity index is 1.43. The lowest BCUT2D eigenvalue weighted by molar-refractivity contribution is -0.136. The minimum absolute atomic E-state index is 0.0557. The number of hydrogen-bond acceptors (Lipinski definition) is 5. The van der Waals surface area contributed by atoms with Gasteiger partial charge in [0.2, 0.25) is 5.91 Å². The molecule has 0 spiro atoms. The number of methoxy groups -OCH3 is 1. The quantitative estimate of drug-likeness (QED) is 0.601. The fourth-order valence-corrected chi connectivity index (χ4v) is 4.90. The Morgan fingerprint density at radius 1 is 0.943 bits per heavy atom. The SMILES string of the molecule is COc1ccc(C2CC(c3ccccc3)=NN2C(=O)CN2Cc3ccccc3C[C@H]2C(N)=O)cc1. The summed E-state index contributed by atoms with van der Waals surface area (Å²) < 4.78 is 5.30. The number of carbonyl (C=O) groups excluding carboxylic acids is 2. The van der Waals surface area contributed by atoms with Crippen molar-refractivity contribution >= 4 is 17.5 Å². The second kappa shape index (κ2) is 9.72. The minimum Gasteiger partial charge on any atom is -0.497 e. The molecule has 0 saturated carbocycles. The van der Waals surface area contributed by atoms with Gasteiger partial charge in [0.1, 0.15) is 5.75 Å². The molecule has 7 nitrogen and oxygen atoms in total. The molecule has 7 heteroatoms. The normalized spacial score (nSPS) is 19.7. The maximum Gasteiger partial charge on any atom is 0.257 e. The molecule has 0 saturated heterocycles. The van der Waals surface area contributed by atoms with E-state index in [4.69, 9.17) is 15.6 Å². The van der Waals surface area contributed by atoms with Crippen molar-refractivity contribution in [1.29, 1.82) is 0 Å². The molecule has 2 heterocycles. The van der Waals surface area contributed by atoms with E-state index < -0.39 is 11.9 Å². The number of nitrogens with two attached hydrogens (primary N) is 1. The van der Waals surface area contributed by atoms with Gasteiger partial charge in [-0.15, -0.1) is 0 Å². The first-order valence-corrected chi connectivity index (χ1v) is 11.7. The lowest BCUT2D eigenvalue weighted by Gasteiger charge is -2.35. The highest BCUT2D eigenvalue weighted by atomic mass is 16.5. The lowest BCUT2D eigenvalue weighted by atomic mass is 9.93. The third kappa shape index (κ3) is 4.68. The lowest BCUT2D eigenvalue weighted by Crippen LogP contribution is -2.51. The first-order chi connectivity index (χ1) is 17.0. The van der Waals surface area contributed by atoms with Crippen molar-refractivity contribution in [2.24, 2.45) is 10.8 Å². The largest absolute Gasteiger partial charge is 0.497 e. The molecule has 1 unspecified atom stereocenters. The van der Waals surface area contributed by atoms with Gasteiger partial charge in [0, 0.05) is 13.0 Å². The zero-order chi connectivity index (χ0) is 24.4. The number of amides is 2. The Labute approximate surface area is 204 Å². The number of primary amides is 1. The third-order valence-corrected chi connectivity index (χ3v) is 6.79. The van der Waals surface area contributed by atoms with Crippen molar-refractivity contribution in [2.75, 3.05) is 13.7 Å². The summed E-state index contributed by atoms with van der Waals surface area (Å²) in [6.07, 6.45) is 1.10. The van der Waals surface area contributed by atoms with Gasteiger partial charge in [-0.25, -0.2) is 5.01 Å². The van der Waals surface area contributed by atoms with Crippen LogP contribution in [-0.4, -0.2) is 47.1 Å². The molecule has 0 aliphatic carbocycles. The summed E-state index contributed by atoms with van der Waals surface area (Å²) in [7, 11) is 1.63. The van der Waals surface area contributed by atoms with Crippen LogP contribution in [0.4, 0.5) is 0 Å². The Morgan fingerprint density at radius 3 is 2.31 bits per heavy atom. The van der Waals surface area contributed by atoms with Crippen molar-refractivity contribution in [3.05, 3.63) is 101 Å². The predicted molar refractivity (Wildman–Crippen MR) is 134 cm³/mol. The molecule has 2 aliphatic rings. The van der Waals surface area contributed by atoms with E-state index in [9.17, 15) is 9.59 Å². The molecule has 0 radical (unpaired) electrons. The monoisotopic (exact) mass is 468 g/mol. The van der Waals surface area contributed by atoms with Crippen molar-refractivity contribution in [1.82, 2.24) is 9.91 Å². The Hall–Kier alpha value is -3.97. The van der Waals surface area contributed by atoms with Crippen molar-refractivity contribution in [2.45, 2.75) is 31.5 Å². The molecule has 5 rings (SSSR count). The Morgan fingerprint density at radius 2 is 1.63 bits per heavy atom. The van der Waals surface area contributed by atoms with Gasteiger partial charge in [-0.2, -0.15) is 5.10 Å². The van der Waals surface area contributed by atoms with Crippen LogP contribution >= 0.6 is 0 Å². The van der Waals surface area contributed by atoms with Crippen LogP contribution in [0.5, 0.6) is 5.75 Å². The van der Waals surface area contributed by atoms with E-state index in [-0.39, 0.29) is 18.5 Å². The average Bonchev–Trinajstić information content (AvgIpc) is 3.34. The Bertz CT molecular complexity index is 1260. The van der Waals surface area contributed by atoms with E-state index in [1.54, 1.807) is 12.1 Å². The number of hydrazone groups is 1. The van der Waals surface area contributed by atoms with Gasteiger partial charge < -0.3 is 10.5 Å². The minimum atomic E-state index is -0.534. The molecule has 0 fully saturated rings. The summed E-state index contributed by atoms with van der Waals surface area (Å²) in [6.45, 7) is 0.548. The van der Waals surface area contributed by atoms with Crippen LogP contribution in [0.1, 0.15) is 34.7 Å². The highest BCUT2D eigenvalue weighted by Gasteiger charge is 2.37. The van der Waals surface area contributed by atoms with Crippen molar-refractivity contribution in [3.63, 3.8) is 0 Å². The number of rotatable bonds is 6. The fourth-order valence-electron chi connectivity index (χ4n) is 4.90. The number of carbonyl (C=O) groups is 2. The predicted octanol–water partition coefficient (Wildman–Crippen LogP) is 3.29. The molecule has 3 aromatic carbocycles. The van der Waals surface area contributed by atoms with Gasteiger partial charge >= 0.3 is 0 Å². The zero-order valence-electron chi connectivity index (χ0n) is 19.6. The topological polar surface area (TPSA) is 88.2 Å². The van der Waals surface area contributed by atoms with E-state index in [0.29, 0.717) is 19.4 Å². The van der Waals surface area contributed by atoms with Crippen LogP contribution in [0.15, 0.2) is 84.0 Å². The van der Waals surface area contributed by atoms with Gasteiger partial charge in [0.25, 0.3) is 5.91 Å². The fraction of sp³-hybridized carbons (Fsp3) is 0.250. The summed E-state index contributed by atoms with van der Waals surface area (Å²) >= 11 is 0. The van der Waals surface area contributed by atoms with Crippen molar-refractivity contribution < 1.29 is 14.3 Å². The molecule has 2 amide bonds. The first-order valence-electron chi connectivity index (χ1n) is 11.7. The molecular weight excluding hydrogens is 440 g/mol. The van der Waals surface area contributed by atoms with Gasteiger partial charge in [-0.1, -0.05) is 66.7 Å². The maximum atomic E-state index is 13.7. The molecule has 0 aromatic heterocycles. The second-order valence-electron chi connectivity index (χ2n) is 8.94. The van der Waals surface area contributed by atoms with Crippen LogP contribution in [-0.2, 0) is 22.6 Å². The number of fused-ring (bicyclic) bond motifs is 1. The smallest absolute Gasteiger partial charge is 0.257 e. The van der Waals surface area contributed by atoms with E-state index >= 15 is 0 Å².